The molecule has 0 aromatic heterocycles. The largest absolute Gasteiger partial charge is 0.399 e. The van der Waals surface area contributed by atoms with E-state index in [1.807, 2.05) is 18.2 Å². The number of nitrogen functional groups attached to an aromatic ring is 1. The molecule has 1 aromatic rings. The van der Waals surface area contributed by atoms with Crippen LogP contribution < -0.4 is 11.1 Å². The second-order valence-electron chi connectivity index (χ2n) is 4.43. The standard InChI is InChI=1S/C13H22N2O/c1-10(9-16)4-3-7-15-13-6-5-12(14)8-11(13)2/h5-6,8,10,15-16H,3-4,7,9,14H2,1-2H3. The predicted octanol–water partition coefficient (Wildman–Crippen LogP) is 2.40. The monoisotopic (exact) mass is 222 g/mol. The summed E-state index contributed by atoms with van der Waals surface area (Å²) in [5.41, 5.74) is 8.81. The third-order valence-electron chi connectivity index (χ3n) is 2.75. The maximum atomic E-state index is 8.89. The van der Waals surface area contributed by atoms with E-state index in [9.17, 15) is 0 Å². The van der Waals surface area contributed by atoms with Crippen LogP contribution in [-0.4, -0.2) is 18.3 Å². The van der Waals surface area contributed by atoms with E-state index in [0.717, 1.165) is 30.8 Å². The van der Waals surface area contributed by atoms with Crippen LogP contribution >= 0.6 is 0 Å². The van der Waals surface area contributed by atoms with Crippen molar-refractivity contribution in [3.63, 3.8) is 0 Å². The van der Waals surface area contributed by atoms with E-state index >= 15 is 0 Å². The zero-order valence-corrected chi connectivity index (χ0v) is 10.2. The van der Waals surface area contributed by atoms with Crippen LogP contribution in [0.1, 0.15) is 25.3 Å². The van der Waals surface area contributed by atoms with Gasteiger partial charge in [-0.2, -0.15) is 0 Å². The molecule has 0 radical (unpaired) electrons. The van der Waals surface area contributed by atoms with E-state index in [1.54, 1.807) is 0 Å². The van der Waals surface area contributed by atoms with Gasteiger partial charge in [0.15, 0.2) is 0 Å². The molecule has 16 heavy (non-hydrogen) atoms. The number of hydrogen-bond acceptors (Lipinski definition) is 3. The highest BCUT2D eigenvalue weighted by atomic mass is 16.3. The van der Waals surface area contributed by atoms with Gasteiger partial charge < -0.3 is 16.2 Å². The van der Waals surface area contributed by atoms with Crippen molar-refractivity contribution in [2.24, 2.45) is 5.92 Å². The molecule has 0 aliphatic rings. The van der Waals surface area contributed by atoms with Crippen molar-refractivity contribution in [2.75, 3.05) is 24.2 Å². The van der Waals surface area contributed by atoms with Crippen molar-refractivity contribution in [3.05, 3.63) is 23.8 Å². The van der Waals surface area contributed by atoms with Crippen LogP contribution in [0.25, 0.3) is 0 Å². The number of anilines is 2. The van der Waals surface area contributed by atoms with Gasteiger partial charge in [-0.25, -0.2) is 0 Å². The third-order valence-corrected chi connectivity index (χ3v) is 2.75. The van der Waals surface area contributed by atoms with Crippen molar-refractivity contribution in [3.8, 4) is 0 Å². The zero-order valence-electron chi connectivity index (χ0n) is 10.2. The molecule has 1 atom stereocenters. The van der Waals surface area contributed by atoms with Crippen LogP contribution in [0.2, 0.25) is 0 Å². The van der Waals surface area contributed by atoms with Gasteiger partial charge in [0.05, 0.1) is 0 Å². The number of hydrogen-bond donors (Lipinski definition) is 3. The molecule has 0 aliphatic heterocycles. The van der Waals surface area contributed by atoms with Crippen LogP contribution in [0.3, 0.4) is 0 Å². The Hall–Kier alpha value is -1.22. The molecule has 0 saturated carbocycles. The highest BCUT2D eigenvalue weighted by Crippen LogP contribution is 2.17. The second-order valence-corrected chi connectivity index (χ2v) is 4.43. The quantitative estimate of drug-likeness (QED) is 0.511. The minimum Gasteiger partial charge on any atom is -0.399 e. The number of nitrogens with two attached hydrogens (primary N) is 1. The Morgan fingerprint density at radius 1 is 1.44 bits per heavy atom. The third kappa shape index (κ3) is 4.11. The van der Waals surface area contributed by atoms with Crippen LogP contribution in [0, 0.1) is 12.8 Å². The lowest BCUT2D eigenvalue weighted by Crippen LogP contribution is -2.07. The Bertz CT molecular complexity index is 326. The molecule has 1 unspecified atom stereocenters. The minimum absolute atomic E-state index is 0.279. The van der Waals surface area contributed by atoms with Crippen molar-refractivity contribution in [1.82, 2.24) is 0 Å². The van der Waals surface area contributed by atoms with Gasteiger partial charge in [-0.05, 0) is 49.4 Å². The molecular weight excluding hydrogens is 200 g/mol. The topological polar surface area (TPSA) is 58.3 Å². The van der Waals surface area contributed by atoms with Gasteiger partial charge in [-0.15, -0.1) is 0 Å². The van der Waals surface area contributed by atoms with E-state index in [1.165, 1.54) is 5.56 Å². The number of benzene rings is 1. The highest BCUT2D eigenvalue weighted by Gasteiger charge is 2.00. The maximum Gasteiger partial charge on any atom is 0.0456 e. The summed E-state index contributed by atoms with van der Waals surface area (Å²) in [6.07, 6.45) is 2.13. The Morgan fingerprint density at radius 3 is 2.81 bits per heavy atom. The van der Waals surface area contributed by atoms with Gasteiger partial charge in [-0.3, -0.25) is 0 Å². The normalized spacial score (nSPS) is 12.4. The average Bonchev–Trinajstić information content (AvgIpc) is 2.26. The van der Waals surface area contributed by atoms with Gasteiger partial charge in [0.2, 0.25) is 0 Å². The summed E-state index contributed by atoms with van der Waals surface area (Å²) < 4.78 is 0. The van der Waals surface area contributed by atoms with Crippen LogP contribution in [0.15, 0.2) is 18.2 Å². The molecule has 3 heteroatoms. The molecular formula is C13H22N2O. The predicted molar refractivity (Wildman–Crippen MR) is 69.6 cm³/mol. The zero-order chi connectivity index (χ0) is 12.0. The number of nitrogens with one attached hydrogen (secondary N) is 1. The lowest BCUT2D eigenvalue weighted by molar-refractivity contribution is 0.229. The Labute approximate surface area is 97.7 Å². The number of aliphatic hydroxyl groups excluding tert-OH is 1. The summed E-state index contributed by atoms with van der Waals surface area (Å²) in [6, 6.07) is 5.89. The fourth-order valence-corrected chi connectivity index (χ4v) is 1.65. The molecule has 90 valence electrons. The summed E-state index contributed by atoms with van der Waals surface area (Å²) in [7, 11) is 0. The molecule has 0 spiro atoms. The SMILES string of the molecule is Cc1cc(N)ccc1NCCCC(C)CO. The van der Waals surface area contributed by atoms with Gasteiger partial charge in [-0.1, -0.05) is 6.92 Å². The smallest absolute Gasteiger partial charge is 0.0456 e. The number of aryl methyl sites for hydroxylation is 1. The van der Waals surface area contributed by atoms with E-state index in [0.29, 0.717) is 5.92 Å². The Morgan fingerprint density at radius 2 is 2.19 bits per heavy atom. The summed E-state index contributed by atoms with van der Waals surface area (Å²) in [4.78, 5) is 0. The lowest BCUT2D eigenvalue weighted by atomic mass is 10.1. The molecule has 0 fully saturated rings. The first kappa shape index (κ1) is 12.8. The summed E-state index contributed by atoms with van der Waals surface area (Å²) in [6.45, 7) is 5.33. The second kappa shape index (κ2) is 6.38. The Balaban J connectivity index is 2.32. The first-order valence-electron chi connectivity index (χ1n) is 5.84. The summed E-state index contributed by atoms with van der Waals surface area (Å²) >= 11 is 0. The molecule has 0 bridgehead atoms. The molecule has 3 nitrogen and oxygen atoms in total. The van der Waals surface area contributed by atoms with Gasteiger partial charge >= 0.3 is 0 Å². The van der Waals surface area contributed by atoms with E-state index in [2.05, 4.69) is 19.2 Å². The van der Waals surface area contributed by atoms with Crippen molar-refractivity contribution >= 4 is 11.4 Å². The number of aliphatic hydroxyl groups is 1. The van der Waals surface area contributed by atoms with Crippen LogP contribution in [0.4, 0.5) is 11.4 Å². The first-order valence-corrected chi connectivity index (χ1v) is 5.84. The van der Waals surface area contributed by atoms with Crippen molar-refractivity contribution in [2.45, 2.75) is 26.7 Å². The van der Waals surface area contributed by atoms with Gasteiger partial charge in [0.25, 0.3) is 0 Å². The van der Waals surface area contributed by atoms with E-state index in [4.69, 9.17) is 10.8 Å². The van der Waals surface area contributed by atoms with Gasteiger partial charge in [0.1, 0.15) is 0 Å². The highest BCUT2D eigenvalue weighted by molar-refractivity contribution is 5.57. The van der Waals surface area contributed by atoms with E-state index < -0.39 is 0 Å². The fourth-order valence-electron chi connectivity index (χ4n) is 1.65. The van der Waals surface area contributed by atoms with Gasteiger partial charge in [0, 0.05) is 24.5 Å². The lowest BCUT2D eigenvalue weighted by Gasteiger charge is -2.11. The molecule has 1 aromatic carbocycles. The molecule has 1 rings (SSSR count). The maximum absolute atomic E-state index is 8.89. The summed E-state index contributed by atoms with van der Waals surface area (Å²) in [5.74, 6) is 0.398. The molecule has 4 N–H and O–H groups in total. The fraction of sp³-hybridized carbons (Fsp3) is 0.538. The van der Waals surface area contributed by atoms with Crippen LogP contribution in [-0.2, 0) is 0 Å². The first-order chi connectivity index (χ1) is 7.63. The number of rotatable bonds is 6. The Kier molecular flexibility index (Phi) is 5.12. The molecule has 0 amide bonds. The summed E-state index contributed by atoms with van der Waals surface area (Å²) in [5, 5.41) is 12.3. The minimum atomic E-state index is 0.279. The van der Waals surface area contributed by atoms with E-state index in [-0.39, 0.29) is 6.61 Å². The molecule has 0 aliphatic carbocycles. The molecule has 0 saturated heterocycles. The van der Waals surface area contributed by atoms with Crippen LogP contribution in [0.5, 0.6) is 0 Å². The molecule has 0 heterocycles. The van der Waals surface area contributed by atoms with Crippen molar-refractivity contribution < 1.29 is 5.11 Å². The average molecular weight is 222 g/mol. The van der Waals surface area contributed by atoms with Crippen molar-refractivity contribution in [1.29, 1.82) is 0 Å².